The molecule has 2 nitrogen and oxygen atoms in total. The summed E-state index contributed by atoms with van der Waals surface area (Å²) in [5.41, 5.74) is 1.35. The van der Waals surface area contributed by atoms with Crippen LogP contribution in [0.15, 0.2) is 38.8 Å². The molecule has 0 bridgehead atoms. The average Bonchev–Trinajstić information content (AvgIpc) is 2.86. The van der Waals surface area contributed by atoms with Gasteiger partial charge in [0.05, 0.1) is 9.90 Å². The highest BCUT2D eigenvalue weighted by Gasteiger charge is 2.24. The van der Waals surface area contributed by atoms with Crippen molar-refractivity contribution in [3.63, 3.8) is 0 Å². The molecule has 0 unspecified atom stereocenters. The van der Waals surface area contributed by atoms with Gasteiger partial charge in [0.15, 0.2) is 0 Å². The van der Waals surface area contributed by atoms with Crippen LogP contribution < -0.4 is 4.90 Å². The zero-order chi connectivity index (χ0) is 13.4. The molecule has 19 heavy (non-hydrogen) atoms. The van der Waals surface area contributed by atoms with E-state index in [1.807, 2.05) is 23.6 Å². The van der Waals surface area contributed by atoms with Crippen LogP contribution in [0.1, 0.15) is 12.0 Å². The number of benzene rings is 1. The molecular weight excluding hydrogens is 281 g/mol. The van der Waals surface area contributed by atoms with Crippen LogP contribution >= 0.6 is 23.1 Å². The van der Waals surface area contributed by atoms with Gasteiger partial charge < -0.3 is 4.90 Å². The van der Waals surface area contributed by atoms with Gasteiger partial charge in [0, 0.05) is 18.4 Å². The molecule has 1 aliphatic rings. The van der Waals surface area contributed by atoms with Gasteiger partial charge in [0.2, 0.25) is 5.91 Å². The Kier molecular flexibility index (Phi) is 3.33. The molecule has 5 heteroatoms. The van der Waals surface area contributed by atoms with Crippen molar-refractivity contribution >= 4 is 34.7 Å². The summed E-state index contributed by atoms with van der Waals surface area (Å²) in [4.78, 5) is 13.9. The van der Waals surface area contributed by atoms with E-state index in [2.05, 4.69) is 0 Å². The number of aryl methyl sites for hydroxylation is 1. The molecular formula is C14H12FNOS2. The van der Waals surface area contributed by atoms with E-state index in [1.54, 1.807) is 30.1 Å². The Balaban J connectivity index is 1.98. The lowest BCUT2D eigenvalue weighted by Gasteiger charge is -2.26. The number of hydrogen-bond acceptors (Lipinski definition) is 3. The van der Waals surface area contributed by atoms with Crippen LogP contribution in [0.3, 0.4) is 0 Å². The van der Waals surface area contributed by atoms with Gasteiger partial charge in [-0.3, -0.25) is 4.79 Å². The Morgan fingerprint density at radius 2 is 2.21 bits per heavy atom. The Hall–Kier alpha value is -1.33. The molecule has 0 saturated heterocycles. The second kappa shape index (κ2) is 4.98. The first-order valence-electron chi connectivity index (χ1n) is 5.95. The molecule has 2 heterocycles. The number of halogens is 1. The van der Waals surface area contributed by atoms with Crippen LogP contribution in [0.25, 0.3) is 0 Å². The van der Waals surface area contributed by atoms with Gasteiger partial charge in [-0.2, -0.15) is 0 Å². The number of carbonyl (C=O) groups is 1. The van der Waals surface area contributed by atoms with E-state index in [1.165, 1.54) is 11.0 Å². The molecule has 0 saturated carbocycles. The number of rotatable bonds is 2. The van der Waals surface area contributed by atoms with Crippen molar-refractivity contribution in [3.05, 3.63) is 41.0 Å². The Bertz CT molecular complexity index is 625. The third kappa shape index (κ3) is 2.40. The molecule has 0 N–H and O–H groups in total. The maximum Gasteiger partial charge on any atom is 0.227 e. The summed E-state index contributed by atoms with van der Waals surface area (Å²) in [6.07, 6.45) is 1.07. The van der Waals surface area contributed by atoms with Crippen LogP contribution in [0.4, 0.5) is 10.1 Å². The van der Waals surface area contributed by atoms with Crippen LogP contribution in [0.5, 0.6) is 0 Å². The highest BCUT2D eigenvalue weighted by molar-refractivity contribution is 8.01. The molecule has 1 aliphatic heterocycles. The van der Waals surface area contributed by atoms with E-state index in [4.69, 9.17) is 0 Å². The summed E-state index contributed by atoms with van der Waals surface area (Å²) in [6.45, 7) is 0. The Labute approximate surface area is 119 Å². The molecule has 98 valence electrons. The van der Waals surface area contributed by atoms with Crippen LogP contribution in [-0.2, 0) is 11.2 Å². The zero-order valence-corrected chi connectivity index (χ0v) is 12.0. The molecule has 1 aromatic carbocycles. The number of thiophene rings is 1. The van der Waals surface area contributed by atoms with Gasteiger partial charge in [0.1, 0.15) is 5.82 Å². The first-order chi connectivity index (χ1) is 9.15. The summed E-state index contributed by atoms with van der Waals surface area (Å²) in [6, 6.07) is 7.50. The third-order valence-corrected chi connectivity index (χ3v) is 5.16. The smallest absolute Gasteiger partial charge is 0.227 e. The average molecular weight is 293 g/mol. The van der Waals surface area contributed by atoms with Crippen molar-refractivity contribution in [3.8, 4) is 0 Å². The summed E-state index contributed by atoms with van der Waals surface area (Å²) in [5, 5.41) is 2.00. The summed E-state index contributed by atoms with van der Waals surface area (Å²) in [7, 11) is 1.63. The van der Waals surface area contributed by atoms with E-state index in [0.29, 0.717) is 18.5 Å². The topological polar surface area (TPSA) is 20.3 Å². The zero-order valence-electron chi connectivity index (χ0n) is 10.4. The second-order valence-electron chi connectivity index (χ2n) is 4.40. The van der Waals surface area contributed by atoms with Crippen molar-refractivity contribution in [1.82, 2.24) is 0 Å². The fourth-order valence-corrected chi connectivity index (χ4v) is 4.06. The van der Waals surface area contributed by atoms with Crippen molar-refractivity contribution in [2.24, 2.45) is 0 Å². The van der Waals surface area contributed by atoms with Crippen LogP contribution in [0.2, 0.25) is 0 Å². The van der Waals surface area contributed by atoms with Crippen molar-refractivity contribution in [2.45, 2.75) is 21.9 Å². The summed E-state index contributed by atoms with van der Waals surface area (Å²) >= 11 is 3.20. The van der Waals surface area contributed by atoms with E-state index in [-0.39, 0.29) is 11.7 Å². The standard InChI is InChI=1S/C14H12FNOS2/c1-16-12(17)5-4-9-7-10(8-11(15)14(9)16)19-13-3-2-6-18-13/h2-3,6-8H,4-5H2,1H3. The maximum atomic E-state index is 14.2. The summed E-state index contributed by atoms with van der Waals surface area (Å²) < 4.78 is 15.3. The number of nitrogens with zero attached hydrogens (tertiary/aromatic N) is 1. The Morgan fingerprint density at radius 1 is 1.37 bits per heavy atom. The first-order valence-corrected chi connectivity index (χ1v) is 7.65. The number of amides is 1. The van der Waals surface area contributed by atoms with Gasteiger partial charge >= 0.3 is 0 Å². The van der Waals surface area contributed by atoms with E-state index >= 15 is 0 Å². The minimum absolute atomic E-state index is 0.0231. The van der Waals surface area contributed by atoms with Gasteiger partial charge in [-0.1, -0.05) is 17.8 Å². The van der Waals surface area contributed by atoms with Crippen molar-refractivity contribution < 1.29 is 9.18 Å². The summed E-state index contributed by atoms with van der Waals surface area (Å²) in [5.74, 6) is -0.336. The normalized spacial score (nSPS) is 14.6. The van der Waals surface area contributed by atoms with Crippen molar-refractivity contribution in [1.29, 1.82) is 0 Å². The maximum absolute atomic E-state index is 14.2. The second-order valence-corrected chi connectivity index (χ2v) is 6.72. The quantitative estimate of drug-likeness (QED) is 0.835. The van der Waals surface area contributed by atoms with Crippen LogP contribution in [0, 0.1) is 5.82 Å². The van der Waals surface area contributed by atoms with Gasteiger partial charge in [-0.15, -0.1) is 11.3 Å². The van der Waals surface area contributed by atoms with Crippen molar-refractivity contribution in [2.75, 3.05) is 11.9 Å². The van der Waals surface area contributed by atoms with E-state index in [0.717, 1.165) is 14.7 Å². The lowest BCUT2D eigenvalue weighted by molar-refractivity contribution is -0.118. The van der Waals surface area contributed by atoms with Gasteiger partial charge in [0.25, 0.3) is 0 Å². The molecule has 0 radical (unpaired) electrons. The van der Waals surface area contributed by atoms with Gasteiger partial charge in [-0.25, -0.2) is 4.39 Å². The predicted octanol–water partition coefficient (Wildman–Crippen LogP) is 3.95. The molecule has 1 aromatic heterocycles. The first kappa shape index (κ1) is 12.7. The minimum atomic E-state index is -0.313. The highest BCUT2D eigenvalue weighted by atomic mass is 32.2. The third-order valence-electron chi connectivity index (χ3n) is 3.15. The molecule has 1 amide bonds. The fourth-order valence-electron chi connectivity index (χ4n) is 2.23. The van der Waals surface area contributed by atoms with Crippen LogP contribution in [-0.4, -0.2) is 13.0 Å². The minimum Gasteiger partial charge on any atom is -0.313 e. The molecule has 0 spiro atoms. The SMILES string of the molecule is CN1C(=O)CCc2cc(Sc3cccs3)cc(F)c21. The van der Waals surface area contributed by atoms with Gasteiger partial charge in [-0.05, 0) is 35.6 Å². The molecule has 0 fully saturated rings. The fraction of sp³-hybridized carbons (Fsp3) is 0.214. The largest absolute Gasteiger partial charge is 0.313 e. The lowest BCUT2D eigenvalue weighted by atomic mass is 10.0. The number of hydrogen-bond donors (Lipinski definition) is 0. The molecule has 0 aliphatic carbocycles. The predicted molar refractivity (Wildman–Crippen MR) is 76.6 cm³/mol. The van der Waals surface area contributed by atoms with E-state index in [9.17, 15) is 9.18 Å². The number of carbonyl (C=O) groups excluding carboxylic acids is 1. The molecule has 0 atom stereocenters. The van der Waals surface area contributed by atoms with E-state index < -0.39 is 0 Å². The number of anilines is 1. The molecule has 3 rings (SSSR count). The highest BCUT2D eigenvalue weighted by Crippen LogP contribution is 2.37. The number of fused-ring (bicyclic) bond motifs is 1. The lowest BCUT2D eigenvalue weighted by Crippen LogP contribution is -2.32. The Morgan fingerprint density at radius 3 is 2.95 bits per heavy atom. The monoisotopic (exact) mass is 293 g/mol. The molecule has 2 aromatic rings.